The second kappa shape index (κ2) is 19.5. The smallest absolute Gasteiger partial charge is 0.186 e. The lowest BCUT2D eigenvalue weighted by atomic mass is 9.97. The van der Waals surface area contributed by atoms with Crippen molar-refractivity contribution in [1.29, 1.82) is 0 Å². The maximum Gasteiger partial charge on any atom is 0.186 e. The van der Waals surface area contributed by atoms with E-state index < -0.39 is 30.7 Å². The van der Waals surface area contributed by atoms with Crippen LogP contribution in [0.5, 0.6) is 0 Å². The fraction of sp³-hybridized carbons (Fsp3) is 0.442. The van der Waals surface area contributed by atoms with E-state index in [1.54, 1.807) is 7.11 Å². The second-order valence-electron chi connectivity index (χ2n) is 13.6. The Balaban J connectivity index is 1.10. The number of anilines is 2. The number of benzene rings is 4. The highest BCUT2D eigenvalue weighted by Gasteiger charge is 2.49. The lowest BCUT2D eigenvalue weighted by Gasteiger charge is -2.45. The molecule has 0 aliphatic carbocycles. The summed E-state index contributed by atoms with van der Waals surface area (Å²) in [6, 6.07) is 37.3. The van der Waals surface area contributed by atoms with Crippen LogP contribution in [0.1, 0.15) is 22.3 Å². The molecule has 53 heavy (non-hydrogen) atoms. The Hall–Kier alpha value is -3.84. The van der Waals surface area contributed by atoms with E-state index >= 15 is 0 Å². The first-order valence-corrected chi connectivity index (χ1v) is 18.8. The van der Waals surface area contributed by atoms with Crippen LogP contribution < -0.4 is 9.80 Å². The average Bonchev–Trinajstić information content (AvgIpc) is 3.23. The normalized spacial score (nSPS) is 23.6. The molecule has 0 spiro atoms. The zero-order valence-corrected chi connectivity index (χ0v) is 30.6. The molecule has 0 radical (unpaired) electrons. The fourth-order valence-corrected chi connectivity index (χ4v) is 7.15. The maximum atomic E-state index is 6.81. The van der Waals surface area contributed by atoms with Crippen LogP contribution in [-0.2, 0) is 64.3 Å². The van der Waals surface area contributed by atoms with Gasteiger partial charge in [0.2, 0.25) is 0 Å². The molecule has 7 rings (SSSR count). The predicted octanol–water partition coefficient (Wildman–Crippen LogP) is 6.00. The summed E-state index contributed by atoms with van der Waals surface area (Å²) in [5, 5.41) is 0. The van der Waals surface area contributed by atoms with Crippen molar-refractivity contribution in [2.24, 2.45) is 0 Å². The molecule has 0 aromatic heterocycles. The number of nitrogens with zero attached hydrogens (tertiary/aromatic N) is 2. The van der Waals surface area contributed by atoms with Gasteiger partial charge in [-0.3, -0.25) is 0 Å². The number of hydrogen-bond acceptors (Lipinski definition) is 10. The molecule has 10 heteroatoms. The van der Waals surface area contributed by atoms with Gasteiger partial charge in [-0.25, -0.2) is 0 Å². The predicted molar refractivity (Wildman–Crippen MR) is 203 cm³/mol. The van der Waals surface area contributed by atoms with E-state index in [0.717, 1.165) is 67.3 Å². The highest BCUT2D eigenvalue weighted by atomic mass is 16.7. The Labute approximate surface area is 313 Å². The molecule has 4 aromatic carbocycles. The van der Waals surface area contributed by atoms with Crippen molar-refractivity contribution < 1.29 is 37.9 Å². The summed E-state index contributed by atoms with van der Waals surface area (Å²) in [7, 11) is 1.65. The lowest BCUT2D eigenvalue weighted by molar-refractivity contribution is -0.323. The molecule has 10 nitrogen and oxygen atoms in total. The number of ether oxygens (including phenoxy) is 8. The van der Waals surface area contributed by atoms with Crippen molar-refractivity contribution in [3.05, 3.63) is 131 Å². The minimum absolute atomic E-state index is 0.280. The van der Waals surface area contributed by atoms with Crippen LogP contribution in [-0.4, -0.2) is 97.0 Å². The van der Waals surface area contributed by atoms with Gasteiger partial charge in [0.15, 0.2) is 6.29 Å². The van der Waals surface area contributed by atoms with Crippen molar-refractivity contribution in [3.63, 3.8) is 0 Å². The van der Waals surface area contributed by atoms with Crippen molar-refractivity contribution in [2.75, 3.05) is 76.1 Å². The van der Waals surface area contributed by atoms with E-state index in [0.29, 0.717) is 39.6 Å². The van der Waals surface area contributed by atoms with Crippen LogP contribution >= 0.6 is 0 Å². The van der Waals surface area contributed by atoms with Gasteiger partial charge in [-0.2, -0.15) is 0 Å². The summed E-state index contributed by atoms with van der Waals surface area (Å²) < 4.78 is 50.6. The van der Waals surface area contributed by atoms with Crippen molar-refractivity contribution in [1.82, 2.24) is 0 Å². The first kappa shape index (κ1) is 37.5. The molecule has 282 valence electrons. The van der Waals surface area contributed by atoms with E-state index in [1.165, 1.54) is 5.69 Å². The summed E-state index contributed by atoms with van der Waals surface area (Å²) >= 11 is 0. The third-order valence-electron chi connectivity index (χ3n) is 10.0. The number of rotatable bonds is 16. The van der Waals surface area contributed by atoms with Crippen LogP contribution in [0.4, 0.5) is 11.4 Å². The Morgan fingerprint density at radius 3 is 1.74 bits per heavy atom. The van der Waals surface area contributed by atoms with Crippen molar-refractivity contribution >= 4 is 11.4 Å². The molecule has 0 bridgehead atoms. The van der Waals surface area contributed by atoms with Gasteiger partial charge in [0.05, 0.1) is 59.5 Å². The molecular formula is C43H52N2O8. The number of hydrogen-bond donors (Lipinski definition) is 0. The molecule has 0 saturated carbocycles. The van der Waals surface area contributed by atoms with Gasteiger partial charge in [-0.15, -0.1) is 0 Å². The largest absolute Gasteiger partial charge is 0.378 e. The zero-order valence-electron chi connectivity index (χ0n) is 30.6. The van der Waals surface area contributed by atoms with E-state index in [-0.39, 0.29) is 6.61 Å². The Morgan fingerprint density at radius 2 is 1.09 bits per heavy atom. The lowest BCUT2D eigenvalue weighted by Crippen LogP contribution is -2.61. The van der Waals surface area contributed by atoms with Crippen molar-refractivity contribution in [2.45, 2.75) is 57.1 Å². The molecule has 0 N–H and O–H groups in total. The SMILES string of the molecule is CO[C@@H]1O[C@H](COCc2ccc(N3CCOCC3)cc2)[C@@H](OCc2ccccc2)[C@H](OCc2ccccc2)[C@H]1OCc1ccccc1N1CCOCC1. The third-order valence-corrected chi connectivity index (χ3v) is 10.0. The molecule has 5 atom stereocenters. The minimum Gasteiger partial charge on any atom is -0.378 e. The van der Waals surface area contributed by atoms with Crippen LogP contribution in [0.3, 0.4) is 0 Å². The topological polar surface area (TPSA) is 80.3 Å². The summed E-state index contributed by atoms with van der Waals surface area (Å²) in [5.41, 5.74) is 6.61. The molecule has 0 unspecified atom stereocenters. The maximum absolute atomic E-state index is 6.81. The van der Waals surface area contributed by atoms with Gasteiger partial charge in [-0.1, -0.05) is 91.0 Å². The molecule has 3 fully saturated rings. The van der Waals surface area contributed by atoms with Crippen LogP contribution in [0.2, 0.25) is 0 Å². The first-order valence-electron chi connectivity index (χ1n) is 18.8. The van der Waals surface area contributed by atoms with Crippen LogP contribution in [0.25, 0.3) is 0 Å². The molecular weight excluding hydrogens is 672 g/mol. The summed E-state index contributed by atoms with van der Waals surface area (Å²) in [6.45, 7) is 8.21. The molecule has 3 aliphatic heterocycles. The summed E-state index contributed by atoms with van der Waals surface area (Å²) in [6.07, 6.45) is -2.85. The zero-order chi connectivity index (χ0) is 36.1. The van der Waals surface area contributed by atoms with Crippen molar-refractivity contribution in [3.8, 4) is 0 Å². The molecule has 0 amide bonds. The first-order chi connectivity index (χ1) is 26.2. The summed E-state index contributed by atoms with van der Waals surface area (Å²) in [4.78, 5) is 4.70. The minimum atomic E-state index is -0.718. The second-order valence-corrected chi connectivity index (χ2v) is 13.6. The van der Waals surface area contributed by atoms with Crippen LogP contribution in [0.15, 0.2) is 109 Å². The Bertz CT molecular complexity index is 1630. The molecule has 3 aliphatic rings. The van der Waals surface area contributed by atoms with Gasteiger partial charge in [0, 0.05) is 50.2 Å². The fourth-order valence-electron chi connectivity index (χ4n) is 7.15. The monoisotopic (exact) mass is 724 g/mol. The summed E-state index contributed by atoms with van der Waals surface area (Å²) in [5.74, 6) is 0. The molecule has 3 heterocycles. The van der Waals surface area contributed by atoms with Gasteiger partial charge >= 0.3 is 0 Å². The van der Waals surface area contributed by atoms with Gasteiger partial charge < -0.3 is 47.7 Å². The average molecular weight is 725 g/mol. The van der Waals surface area contributed by atoms with Gasteiger partial charge in [0.1, 0.15) is 24.4 Å². The number of morpholine rings is 2. The van der Waals surface area contributed by atoms with Gasteiger partial charge in [-0.05, 0) is 34.9 Å². The van der Waals surface area contributed by atoms with E-state index in [9.17, 15) is 0 Å². The highest BCUT2D eigenvalue weighted by Crippen LogP contribution is 2.32. The number of para-hydroxylation sites is 1. The van der Waals surface area contributed by atoms with Gasteiger partial charge in [0.25, 0.3) is 0 Å². The quantitative estimate of drug-likeness (QED) is 0.137. The highest BCUT2D eigenvalue weighted by molar-refractivity contribution is 5.53. The van der Waals surface area contributed by atoms with E-state index in [4.69, 9.17) is 37.9 Å². The Kier molecular flexibility index (Phi) is 13.8. The third kappa shape index (κ3) is 10.2. The number of methoxy groups -OCH3 is 1. The van der Waals surface area contributed by atoms with E-state index in [2.05, 4.69) is 76.5 Å². The Morgan fingerprint density at radius 1 is 0.547 bits per heavy atom. The molecule has 3 saturated heterocycles. The standard InChI is InChI=1S/C43H52N2O8/c1-46-43-42(52-31-36-14-8-9-15-38(36)45-22-26-48-27-23-45)41(51-30-34-12-6-3-7-13-34)40(50-29-33-10-4-2-5-11-33)39(53-43)32-49-28-35-16-18-37(19-17-35)44-20-24-47-25-21-44/h2-19,39-43H,20-32H2,1H3/t39-,40-,41+,42-,43-/m1/s1. The van der Waals surface area contributed by atoms with Crippen LogP contribution in [0, 0.1) is 0 Å². The van der Waals surface area contributed by atoms with E-state index in [1.807, 2.05) is 42.5 Å². The molecule has 4 aromatic rings.